The molecule has 2 aromatic heterocycles. The molecule has 0 atom stereocenters. The molecule has 1 aliphatic heterocycles. The minimum Gasteiger partial charge on any atom is -0.497 e. The molecule has 0 unspecified atom stereocenters. The second kappa shape index (κ2) is 10.3. The average Bonchev–Trinajstić information content (AvgIpc) is 3.34. The van der Waals surface area contributed by atoms with Crippen LogP contribution in [-0.2, 0) is 0 Å². The highest BCUT2D eigenvalue weighted by Crippen LogP contribution is 2.34. The zero-order valence-corrected chi connectivity index (χ0v) is 20.4. The van der Waals surface area contributed by atoms with Crippen LogP contribution in [0.25, 0.3) is 22.3 Å². The molecule has 1 fully saturated rings. The molecule has 9 heteroatoms. The highest BCUT2D eigenvalue weighted by molar-refractivity contribution is 5.83. The summed E-state index contributed by atoms with van der Waals surface area (Å²) in [6, 6.07) is 12.2. The van der Waals surface area contributed by atoms with E-state index >= 15 is 0 Å². The lowest BCUT2D eigenvalue weighted by atomic mass is 10.1. The predicted molar refractivity (Wildman–Crippen MR) is 138 cm³/mol. The zero-order valence-electron chi connectivity index (χ0n) is 20.4. The summed E-state index contributed by atoms with van der Waals surface area (Å²) < 4.78 is 11.1. The van der Waals surface area contributed by atoms with Crippen LogP contribution < -0.4 is 19.7 Å². The Morgan fingerprint density at radius 3 is 2.40 bits per heavy atom. The largest absolute Gasteiger partial charge is 0.497 e. The summed E-state index contributed by atoms with van der Waals surface area (Å²) in [4.78, 5) is 14.3. The SMILES string of the molecule is COc1cc(OC)cc(N(CCN2CCNCC2)c2ccc3ncc(-c4cn[nH]c4C)nc3c2)c1. The summed E-state index contributed by atoms with van der Waals surface area (Å²) in [6.07, 6.45) is 3.59. The summed E-state index contributed by atoms with van der Waals surface area (Å²) in [7, 11) is 3.35. The first-order valence-electron chi connectivity index (χ1n) is 11.9. The van der Waals surface area contributed by atoms with Crippen LogP contribution >= 0.6 is 0 Å². The van der Waals surface area contributed by atoms with E-state index in [1.54, 1.807) is 26.6 Å². The van der Waals surface area contributed by atoms with Crippen molar-refractivity contribution >= 4 is 22.4 Å². The molecule has 9 nitrogen and oxygen atoms in total. The molecule has 0 aliphatic carbocycles. The molecule has 0 radical (unpaired) electrons. The highest BCUT2D eigenvalue weighted by atomic mass is 16.5. The van der Waals surface area contributed by atoms with Gasteiger partial charge in [0.25, 0.3) is 0 Å². The monoisotopic (exact) mass is 473 g/mol. The molecule has 2 aromatic carbocycles. The third-order valence-electron chi connectivity index (χ3n) is 6.44. The third-order valence-corrected chi connectivity index (χ3v) is 6.44. The van der Waals surface area contributed by atoms with Crippen molar-refractivity contribution < 1.29 is 9.47 Å². The van der Waals surface area contributed by atoms with Gasteiger partial charge >= 0.3 is 0 Å². The Labute approximate surface area is 205 Å². The number of H-pyrrole nitrogens is 1. The van der Waals surface area contributed by atoms with E-state index in [4.69, 9.17) is 14.5 Å². The van der Waals surface area contributed by atoms with E-state index < -0.39 is 0 Å². The van der Waals surface area contributed by atoms with Crippen molar-refractivity contribution in [3.63, 3.8) is 0 Å². The van der Waals surface area contributed by atoms with Gasteiger partial charge in [-0.15, -0.1) is 0 Å². The predicted octanol–water partition coefficient (Wildman–Crippen LogP) is 3.39. The number of aryl methyl sites for hydroxylation is 1. The minimum absolute atomic E-state index is 0.754. The van der Waals surface area contributed by atoms with Gasteiger partial charge in [0.05, 0.1) is 43.3 Å². The fraction of sp³-hybridized carbons (Fsp3) is 0.346. The van der Waals surface area contributed by atoms with Crippen LogP contribution in [0.3, 0.4) is 0 Å². The second-order valence-corrected chi connectivity index (χ2v) is 8.65. The number of aromatic amines is 1. The number of aromatic nitrogens is 4. The number of hydrogen-bond donors (Lipinski definition) is 2. The number of nitrogens with zero attached hydrogens (tertiary/aromatic N) is 5. The van der Waals surface area contributed by atoms with Crippen LogP contribution in [0, 0.1) is 6.92 Å². The summed E-state index contributed by atoms with van der Waals surface area (Å²) in [5.74, 6) is 1.51. The quantitative estimate of drug-likeness (QED) is 0.402. The van der Waals surface area contributed by atoms with E-state index in [2.05, 4.69) is 42.4 Å². The molecule has 4 aromatic rings. The molecule has 0 saturated carbocycles. The van der Waals surface area contributed by atoms with E-state index in [0.29, 0.717) is 0 Å². The Hall–Kier alpha value is -3.69. The Morgan fingerprint density at radius 1 is 0.943 bits per heavy atom. The normalized spacial score (nSPS) is 14.3. The topological polar surface area (TPSA) is 91.4 Å². The second-order valence-electron chi connectivity index (χ2n) is 8.65. The summed E-state index contributed by atoms with van der Waals surface area (Å²) in [5.41, 5.74) is 6.46. The molecule has 35 heavy (non-hydrogen) atoms. The lowest BCUT2D eigenvalue weighted by molar-refractivity contribution is 0.247. The molecule has 2 N–H and O–H groups in total. The molecular formula is C26H31N7O2. The van der Waals surface area contributed by atoms with Gasteiger partial charge in [-0.25, -0.2) is 4.98 Å². The van der Waals surface area contributed by atoms with Crippen molar-refractivity contribution in [2.24, 2.45) is 0 Å². The summed E-state index contributed by atoms with van der Waals surface area (Å²) >= 11 is 0. The van der Waals surface area contributed by atoms with Crippen molar-refractivity contribution in [2.45, 2.75) is 6.92 Å². The number of fused-ring (bicyclic) bond motifs is 1. The summed E-state index contributed by atoms with van der Waals surface area (Å²) in [6.45, 7) is 7.88. The van der Waals surface area contributed by atoms with Crippen molar-refractivity contribution in [1.82, 2.24) is 30.4 Å². The number of ether oxygens (including phenoxy) is 2. The number of anilines is 2. The Kier molecular flexibility index (Phi) is 6.78. The van der Waals surface area contributed by atoms with Crippen LogP contribution in [0.2, 0.25) is 0 Å². The van der Waals surface area contributed by atoms with E-state index in [1.807, 2.05) is 31.2 Å². The lowest BCUT2D eigenvalue weighted by Gasteiger charge is -2.32. The molecular weight excluding hydrogens is 442 g/mol. The van der Waals surface area contributed by atoms with Gasteiger partial charge in [0, 0.05) is 80.1 Å². The number of benzene rings is 2. The van der Waals surface area contributed by atoms with Gasteiger partial charge in [-0.05, 0) is 25.1 Å². The fourth-order valence-electron chi connectivity index (χ4n) is 4.44. The minimum atomic E-state index is 0.754. The van der Waals surface area contributed by atoms with Crippen LogP contribution in [0.1, 0.15) is 5.69 Å². The molecule has 182 valence electrons. The van der Waals surface area contributed by atoms with Gasteiger partial charge in [0.15, 0.2) is 0 Å². The number of nitrogens with one attached hydrogen (secondary N) is 2. The maximum absolute atomic E-state index is 5.56. The standard InChI is InChI=1S/C26H31N7O2/c1-18-23(16-29-31-18)26-17-28-24-5-4-19(14-25(24)30-26)33(11-10-32-8-6-27-7-9-32)20-12-21(34-2)15-22(13-20)35-3/h4-5,12-17,27H,6-11H2,1-3H3,(H,29,31). The van der Waals surface area contributed by atoms with Crippen LogP contribution in [0.4, 0.5) is 11.4 Å². The first-order valence-corrected chi connectivity index (χ1v) is 11.9. The molecule has 3 heterocycles. The first kappa shape index (κ1) is 23.1. The number of rotatable bonds is 8. The molecule has 1 aliphatic rings. The van der Waals surface area contributed by atoms with E-state index in [0.717, 1.165) is 90.1 Å². The Morgan fingerprint density at radius 2 is 1.71 bits per heavy atom. The van der Waals surface area contributed by atoms with Gasteiger partial charge in [0.2, 0.25) is 0 Å². The maximum Gasteiger partial charge on any atom is 0.124 e. The molecule has 1 saturated heterocycles. The molecule has 0 bridgehead atoms. The molecule has 0 spiro atoms. The smallest absolute Gasteiger partial charge is 0.124 e. The third kappa shape index (κ3) is 5.06. The Balaban J connectivity index is 1.54. The number of methoxy groups -OCH3 is 2. The van der Waals surface area contributed by atoms with E-state index in [9.17, 15) is 0 Å². The van der Waals surface area contributed by atoms with Crippen molar-refractivity contribution in [1.29, 1.82) is 0 Å². The van der Waals surface area contributed by atoms with Crippen LogP contribution in [0.15, 0.2) is 48.8 Å². The van der Waals surface area contributed by atoms with Gasteiger partial charge in [-0.3, -0.25) is 15.0 Å². The zero-order chi connectivity index (χ0) is 24.2. The molecule has 0 amide bonds. The Bertz CT molecular complexity index is 1280. The number of piperazine rings is 1. The van der Waals surface area contributed by atoms with Crippen molar-refractivity contribution in [3.8, 4) is 22.8 Å². The van der Waals surface area contributed by atoms with Crippen molar-refractivity contribution in [2.75, 3.05) is 58.4 Å². The van der Waals surface area contributed by atoms with Gasteiger partial charge in [0.1, 0.15) is 11.5 Å². The lowest BCUT2D eigenvalue weighted by Crippen LogP contribution is -2.45. The van der Waals surface area contributed by atoms with Crippen molar-refractivity contribution in [3.05, 3.63) is 54.5 Å². The van der Waals surface area contributed by atoms with Crippen LogP contribution in [0.5, 0.6) is 11.5 Å². The molecule has 5 rings (SSSR count). The average molecular weight is 474 g/mol. The number of hydrogen-bond acceptors (Lipinski definition) is 8. The van der Waals surface area contributed by atoms with Crippen LogP contribution in [-0.4, -0.2) is 78.6 Å². The van der Waals surface area contributed by atoms with Gasteiger partial charge < -0.3 is 19.7 Å². The van der Waals surface area contributed by atoms with Gasteiger partial charge in [-0.1, -0.05) is 0 Å². The van der Waals surface area contributed by atoms with E-state index in [1.165, 1.54) is 0 Å². The van der Waals surface area contributed by atoms with Gasteiger partial charge in [-0.2, -0.15) is 5.10 Å². The first-order chi connectivity index (χ1) is 17.1. The maximum atomic E-state index is 5.56. The highest BCUT2D eigenvalue weighted by Gasteiger charge is 2.17. The fourth-order valence-corrected chi connectivity index (χ4v) is 4.44. The van der Waals surface area contributed by atoms with E-state index in [-0.39, 0.29) is 0 Å². The summed E-state index contributed by atoms with van der Waals surface area (Å²) in [5, 5.41) is 10.5.